The highest BCUT2D eigenvalue weighted by Gasteiger charge is 2.32. The van der Waals surface area contributed by atoms with Crippen LogP contribution in [0.25, 0.3) is 0 Å². The molecule has 0 amide bonds. The third-order valence-electron chi connectivity index (χ3n) is 6.84. The molecule has 6 heteroatoms. The van der Waals surface area contributed by atoms with Crippen LogP contribution in [0.5, 0.6) is 17.2 Å². The molecule has 190 valence electrons. The quantitative estimate of drug-likeness (QED) is 0.367. The number of ether oxygens (including phenoxy) is 3. The van der Waals surface area contributed by atoms with Crippen molar-refractivity contribution in [3.8, 4) is 17.2 Å². The normalized spacial score (nSPS) is 14.7. The summed E-state index contributed by atoms with van der Waals surface area (Å²) >= 11 is 6.01. The molecular formula is C30H36N2O3S. The molecular weight excluding hydrogens is 468 g/mol. The Morgan fingerprint density at radius 1 is 1.00 bits per heavy atom. The number of anilines is 1. The van der Waals surface area contributed by atoms with Gasteiger partial charge in [0.15, 0.2) is 16.6 Å². The molecule has 1 atom stereocenters. The third kappa shape index (κ3) is 5.44. The molecule has 3 aromatic rings. The van der Waals surface area contributed by atoms with E-state index in [4.69, 9.17) is 26.4 Å². The zero-order valence-electron chi connectivity index (χ0n) is 22.1. The van der Waals surface area contributed by atoms with Crippen LogP contribution >= 0.6 is 12.2 Å². The predicted molar refractivity (Wildman–Crippen MR) is 151 cm³/mol. The first kappa shape index (κ1) is 25.8. The van der Waals surface area contributed by atoms with Crippen molar-refractivity contribution in [3.63, 3.8) is 0 Å². The molecule has 5 nitrogen and oxygen atoms in total. The van der Waals surface area contributed by atoms with Crippen molar-refractivity contribution >= 4 is 23.0 Å². The Balaban J connectivity index is 1.69. The zero-order chi connectivity index (χ0) is 25.8. The SMILES string of the molecule is CCc1cccc(C)c1NC(=S)N1CCc2cc(OC)c(OC)cc2C1COc1cc(C)cc(C)c1. The fraction of sp³-hybridized carbons (Fsp3) is 0.367. The molecule has 0 saturated carbocycles. The molecule has 0 spiro atoms. The minimum Gasteiger partial charge on any atom is -0.493 e. The third-order valence-corrected chi connectivity index (χ3v) is 7.18. The first-order chi connectivity index (χ1) is 17.3. The van der Waals surface area contributed by atoms with Crippen molar-refractivity contribution in [2.75, 3.05) is 32.7 Å². The number of nitrogens with zero attached hydrogens (tertiary/aromatic N) is 1. The molecule has 0 fully saturated rings. The maximum Gasteiger partial charge on any atom is 0.174 e. The summed E-state index contributed by atoms with van der Waals surface area (Å²) in [6.45, 7) is 9.70. The summed E-state index contributed by atoms with van der Waals surface area (Å²) in [7, 11) is 3.34. The van der Waals surface area contributed by atoms with E-state index in [0.29, 0.717) is 17.5 Å². The Labute approximate surface area is 220 Å². The Morgan fingerprint density at radius 2 is 1.69 bits per heavy atom. The molecule has 1 aliphatic rings. The number of fused-ring (bicyclic) bond motifs is 1. The molecule has 36 heavy (non-hydrogen) atoms. The van der Waals surface area contributed by atoms with Crippen LogP contribution < -0.4 is 19.5 Å². The van der Waals surface area contributed by atoms with Gasteiger partial charge in [0.05, 0.1) is 20.3 Å². The standard InChI is InChI=1S/C30H36N2O3S/c1-7-22-10-8-9-21(4)29(22)31-30(36)32-12-11-23-16-27(33-5)28(34-6)17-25(23)26(32)18-35-24-14-19(2)13-20(3)15-24/h8-10,13-17,26H,7,11-12,18H2,1-6H3,(H,31,36). The summed E-state index contributed by atoms with van der Waals surface area (Å²) in [5, 5.41) is 4.28. The lowest BCUT2D eigenvalue weighted by atomic mass is 9.92. The van der Waals surface area contributed by atoms with Crippen LogP contribution in [0.4, 0.5) is 5.69 Å². The van der Waals surface area contributed by atoms with E-state index in [0.717, 1.165) is 42.1 Å². The lowest BCUT2D eigenvalue weighted by Crippen LogP contribution is -2.44. The lowest BCUT2D eigenvalue weighted by Gasteiger charge is -2.39. The van der Waals surface area contributed by atoms with Gasteiger partial charge < -0.3 is 24.4 Å². The second-order valence-corrected chi connectivity index (χ2v) is 9.78. The average molecular weight is 505 g/mol. The smallest absolute Gasteiger partial charge is 0.174 e. The van der Waals surface area contributed by atoms with Gasteiger partial charge in [0.2, 0.25) is 0 Å². The van der Waals surface area contributed by atoms with Gasteiger partial charge in [-0.2, -0.15) is 0 Å². The first-order valence-corrected chi connectivity index (χ1v) is 12.9. The molecule has 4 rings (SSSR count). The predicted octanol–water partition coefficient (Wildman–Crippen LogP) is 6.57. The monoisotopic (exact) mass is 504 g/mol. The van der Waals surface area contributed by atoms with Crippen LogP contribution in [0.3, 0.4) is 0 Å². The molecule has 1 unspecified atom stereocenters. The van der Waals surface area contributed by atoms with Gasteiger partial charge in [0, 0.05) is 12.2 Å². The second kappa shape index (κ2) is 11.2. The van der Waals surface area contributed by atoms with Gasteiger partial charge in [-0.05, 0) is 103 Å². The van der Waals surface area contributed by atoms with Gasteiger partial charge >= 0.3 is 0 Å². The number of para-hydroxylation sites is 1. The second-order valence-electron chi connectivity index (χ2n) is 9.39. The summed E-state index contributed by atoms with van der Waals surface area (Å²) in [5.74, 6) is 2.32. The van der Waals surface area contributed by atoms with E-state index in [-0.39, 0.29) is 6.04 Å². The van der Waals surface area contributed by atoms with Gasteiger partial charge in [0.25, 0.3) is 0 Å². The summed E-state index contributed by atoms with van der Waals surface area (Å²) in [4.78, 5) is 2.25. The van der Waals surface area contributed by atoms with E-state index < -0.39 is 0 Å². The maximum absolute atomic E-state index is 6.39. The van der Waals surface area contributed by atoms with Crippen LogP contribution in [0.15, 0.2) is 48.5 Å². The largest absolute Gasteiger partial charge is 0.493 e. The fourth-order valence-corrected chi connectivity index (χ4v) is 5.34. The highest BCUT2D eigenvalue weighted by Crippen LogP contribution is 2.39. The topological polar surface area (TPSA) is 43.0 Å². The lowest BCUT2D eigenvalue weighted by molar-refractivity contribution is 0.190. The molecule has 1 N–H and O–H groups in total. The Kier molecular flexibility index (Phi) is 8.04. The van der Waals surface area contributed by atoms with Gasteiger partial charge in [-0.25, -0.2) is 0 Å². The number of rotatable bonds is 7. The van der Waals surface area contributed by atoms with Crippen LogP contribution in [0.2, 0.25) is 0 Å². The number of benzene rings is 3. The minimum absolute atomic E-state index is 0.0801. The summed E-state index contributed by atoms with van der Waals surface area (Å²) in [6.07, 6.45) is 1.79. The van der Waals surface area contributed by atoms with Crippen LogP contribution in [0.1, 0.15) is 46.3 Å². The van der Waals surface area contributed by atoms with Crippen LogP contribution in [0, 0.1) is 20.8 Å². The van der Waals surface area contributed by atoms with E-state index in [2.05, 4.69) is 86.4 Å². The Morgan fingerprint density at radius 3 is 2.36 bits per heavy atom. The van der Waals surface area contributed by atoms with Crippen LogP contribution in [-0.2, 0) is 12.8 Å². The minimum atomic E-state index is -0.0801. The number of nitrogens with one attached hydrogen (secondary N) is 1. The molecule has 3 aromatic carbocycles. The molecule has 0 bridgehead atoms. The molecule has 0 aromatic heterocycles. The average Bonchev–Trinajstić information content (AvgIpc) is 2.86. The van der Waals surface area contributed by atoms with Crippen molar-refractivity contribution in [3.05, 3.63) is 81.9 Å². The highest BCUT2D eigenvalue weighted by molar-refractivity contribution is 7.80. The molecule has 1 heterocycles. The maximum atomic E-state index is 6.39. The van der Waals surface area contributed by atoms with Gasteiger partial charge in [-0.1, -0.05) is 31.2 Å². The first-order valence-electron chi connectivity index (χ1n) is 12.5. The van der Waals surface area contributed by atoms with Crippen molar-refractivity contribution in [1.82, 2.24) is 4.90 Å². The van der Waals surface area contributed by atoms with Crippen molar-refractivity contribution in [1.29, 1.82) is 0 Å². The number of hydrogen-bond acceptors (Lipinski definition) is 4. The van der Waals surface area contributed by atoms with Crippen LogP contribution in [-0.4, -0.2) is 37.4 Å². The Bertz CT molecular complexity index is 1240. The van der Waals surface area contributed by atoms with Crippen molar-refractivity contribution in [2.24, 2.45) is 0 Å². The highest BCUT2D eigenvalue weighted by atomic mass is 32.1. The summed E-state index contributed by atoms with van der Waals surface area (Å²) < 4.78 is 17.6. The number of hydrogen-bond donors (Lipinski definition) is 1. The number of methoxy groups -OCH3 is 2. The number of aryl methyl sites for hydroxylation is 4. The van der Waals surface area contributed by atoms with E-state index in [9.17, 15) is 0 Å². The van der Waals surface area contributed by atoms with E-state index in [1.807, 2.05) is 0 Å². The Hall–Kier alpha value is -3.25. The van der Waals surface area contributed by atoms with Crippen molar-refractivity contribution in [2.45, 2.75) is 46.6 Å². The van der Waals surface area contributed by atoms with E-state index in [1.165, 1.54) is 27.8 Å². The molecule has 0 radical (unpaired) electrons. The molecule has 0 saturated heterocycles. The fourth-order valence-electron chi connectivity index (χ4n) is 5.02. The number of thiocarbonyl (C=S) groups is 1. The van der Waals surface area contributed by atoms with E-state index in [1.54, 1.807) is 14.2 Å². The van der Waals surface area contributed by atoms with Gasteiger partial charge in [-0.3, -0.25) is 0 Å². The molecule has 0 aliphatic carbocycles. The molecule has 1 aliphatic heterocycles. The summed E-state index contributed by atoms with van der Waals surface area (Å²) in [5.41, 5.74) is 8.27. The zero-order valence-corrected chi connectivity index (χ0v) is 22.9. The summed E-state index contributed by atoms with van der Waals surface area (Å²) in [6, 6.07) is 16.8. The van der Waals surface area contributed by atoms with Gasteiger partial charge in [0.1, 0.15) is 12.4 Å². The van der Waals surface area contributed by atoms with Crippen molar-refractivity contribution < 1.29 is 14.2 Å². The van der Waals surface area contributed by atoms with E-state index >= 15 is 0 Å². The van der Waals surface area contributed by atoms with Gasteiger partial charge in [-0.15, -0.1) is 0 Å².